The quantitative estimate of drug-likeness (QED) is 0.638. The lowest BCUT2D eigenvalue weighted by Crippen LogP contribution is -2.38. The van der Waals surface area contributed by atoms with Crippen molar-refractivity contribution < 1.29 is 4.21 Å². The van der Waals surface area contributed by atoms with Crippen LogP contribution in [0.5, 0.6) is 0 Å². The molecule has 1 saturated heterocycles. The average molecular weight is 316 g/mol. The van der Waals surface area contributed by atoms with Gasteiger partial charge in [-0.1, -0.05) is 15.9 Å². The molecule has 1 aromatic rings. The molecule has 0 aliphatic carbocycles. The molecule has 0 spiro atoms. The Labute approximate surface area is 111 Å². The van der Waals surface area contributed by atoms with Gasteiger partial charge >= 0.3 is 0 Å². The van der Waals surface area contributed by atoms with Crippen LogP contribution in [0.2, 0.25) is 0 Å². The standard InChI is InChI=1S/C11H14BrN3OS/c12-8-1-2-9(11(13)14)10(7-8)15-3-5-17(16)6-4-15/h1-2,7H,3-6H2,(H3,13,14). The van der Waals surface area contributed by atoms with Crippen LogP contribution in [-0.2, 0) is 10.8 Å². The summed E-state index contributed by atoms with van der Waals surface area (Å²) in [5.41, 5.74) is 7.26. The Bertz CT molecular complexity index is 468. The van der Waals surface area contributed by atoms with Crippen molar-refractivity contribution in [1.82, 2.24) is 0 Å². The minimum absolute atomic E-state index is 0.0687. The van der Waals surface area contributed by atoms with Crippen LogP contribution in [-0.4, -0.2) is 34.6 Å². The molecular formula is C11H14BrN3OS. The monoisotopic (exact) mass is 315 g/mol. The van der Waals surface area contributed by atoms with Gasteiger partial charge in [-0.2, -0.15) is 0 Å². The highest BCUT2D eigenvalue weighted by molar-refractivity contribution is 9.10. The maximum Gasteiger partial charge on any atom is 0.124 e. The van der Waals surface area contributed by atoms with E-state index < -0.39 is 10.8 Å². The highest BCUT2D eigenvalue weighted by Crippen LogP contribution is 2.25. The fraction of sp³-hybridized carbons (Fsp3) is 0.364. The van der Waals surface area contributed by atoms with E-state index in [1.165, 1.54) is 0 Å². The number of anilines is 1. The summed E-state index contributed by atoms with van der Waals surface area (Å²) < 4.78 is 12.3. The van der Waals surface area contributed by atoms with Crippen molar-refractivity contribution >= 4 is 38.3 Å². The van der Waals surface area contributed by atoms with Crippen molar-refractivity contribution in [3.8, 4) is 0 Å². The molecule has 17 heavy (non-hydrogen) atoms. The minimum atomic E-state index is -0.696. The molecule has 1 aromatic carbocycles. The lowest BCUT2D eigenvalue weighted by Gasteiger charge is -2.30. The van der Waals surface area contributed by atoms with Crippen LogP contribution in [0.25, 0.3) is 0 Å². The fourth-order valence-electron chi connectivity index (χ4n) is 1.87. The summed E-state index contributed by atoms with van der Waals surface area (Å²) in [6.07, 6.45) is 0. The predicted octanol–water partition coefficient (Wildman–Crippen LogP) is 1.30. The number of benzene rings is 1. The second-order valence-electron chi connectivity index (χ2n) is 3.91. The zero-order chi connectivity index (χ0) is 12.4. The van der Waals surface area contributed by atoms with E-state index in [1.54, 1.807) is 0 Å². The summed E-state index contributed by atoms with van der Waals surface area (Å²) >= 11 is 3.43. The van der Waals surface area contributed by atoms with Crippen LogP contribution in [0.4, 0.5) is 5.69 Å². The SMILES string of the molecule is N=C(N)c1ccc(Br)cc1N1CCS(=O)CC1. The Morgan fingerprint density at radius 3 is 2.65 bits per heavy atom. The van der Waals surface area contributed by atoms with E-state index in [2.05, 4.69) is 20.8 Å². The van der Waals surface area contributed by atoms with Crippen molar-refractivity contribution in [2.45, 2.75) is 0 Å². The third kappa shape index (κ3) is 2.87. The fourth-order valence-corrected chi connectivity index (χ4v) is 3.27. The maximum atomic E-state index is 11.3. The number of hydrogen-bond acceptors (Lipinski definition) is 3. The van der Waals surface area contributed by atoms with Crippen LogP contribution < -0.4 is 10.6 Å². The zero-order valence-corrected chi connectivity index (χ0v) is 11.7. The van der Waals surface area contributed by atoms with E-state index in [0.29, 0.717) is 11.5 Å². The second-order valence-corrected chi connectivity index (χ2v) is 6.52. The number of nitrogens with one attached hydrogen (secondary N) is 1. The van der Waals surface area contributed by atoms with E-state index in [9.17, 15) is 4.21 Å². The normalized spacial score (nSPS) is 17.1. The molecule has 2 rings (SSSR count). The molecule has 0 bridgehead atoms. The van der Waals surface area contributed by atoms with Gasteiger partial charge in [-0.05, 0) is 18.2 Å². The number of nitrogen functional groups attached to an aromatic ring is 1. The highest BCUT2D eigenvalue weighted by atomic mass is 79.9. The third-order valence-electron chi connectivity index (χ3n) is 2.77. The van der Waals surface area contributed by atoms with E-state index in [4.69, 9.17) is 11.1 Å². The molecule has 0 saturated carbocycles. The van der Waals surface area contributed by atoms with Crippen molar-refractivity contribution in [1.29, 1.82) is 5.41 Å². The molecule has 0 radical (unpaired) electrons. The molecule has 1 aliphatic rings. The van der Waals surface area contributed by atoms with Crippen molar-refractivity contribution in [2.75, 3.05) is 29.5 Å². The third-order valence-corrected chi connectivity index (χ3v) is 4.54. The summed E-state index contributed by atoms with van der Waals surface area (Å²) in [6.45, 7) is 1.51. The van der Waals surface area contributed by atoms with Crippen LogP contribution in [0.15, 0.2) is 22.7 Å². The lowest BCUT2D eigenvalue weighted by molar-refractivity contribution is 0.673. The number of hydrogen-bond donors (Lipinski definition) is 2. The first-order valence-corrected chi connectivity index (χ1v) is 7.60. The molecule has 1 aliphatic heterocycles. The molecule has 92 valence electrons. The molecule has 1 fully saturated rings. The van der Waals surface area contributed by atoms with Crippen LogP contribution >= 0.6 is 15.9 Å². The van der Waals surface area contributed by atoms with Crippen LogP contribution in [0.3, 0.4) is 0 Å². The summed E-state index contributed by atoms with van der Waals surface area (Å²) in [6, 6.07) is 5.68. The topological polar surface area (TPSA) is 70.2 Å². The first kappa shape index (κ1) is 12.6. The van der Waals surface area contributed by atoms with E-state index >= 15 is 0 Å². The van der Waals surface area contributed by atoms with Gasteiger partial charge in [0.1, 0.15) is 5.84 Å². The van der Waals surface area contributed by atoms with Gasteiger partial charge in [0.05, 0.1) is 0 Å². The van der Waals surface area contributed by atoms with E-state index in [0.717, 1.165) is 28.8 Å². The molecule has 3 N–H and O–H groups in total. The Balaban J connectivity index is 2.33. The van der Waals surface area contributed by atoms with Crippen molar-refractivity contribution in [3.05, 3.63) is 28.2 Å². The Kier molecular flexibility index (Phi) is 3.83. The first-order chi connectivity index (χ1) is 8.08. The van der Waals surface area contributed by atoms with Gasteiger partial charge in [-0.15, -0.1) is 0 Å². The maximum absolute atomic E-state index is 11.3. The number of halogens is 1. The summed E-state index contributed by atoms with van der Waals surface area (Å²) in [5, 5.41) is 7.58. The molecule has 0 aromatic heterocycles. The second kappa shape index (κ2) is 5.18. The van der Waals surface area contributed by atoms with E-state index in [-0.39, 0.29) is 5.84 Å². The van der Waals surface area contributed by atoms with Crippen LogP contribution in [0, 0.1) is 5.41 Å². The van der Waals surface area contributed by atoms with Crippen molar-refractivity contribution in [2.24, 2.45) is 5.73 Å². The summed E-state index contributed by atoms with van der Waals surface area (Å²) in [7, 11) is -0.696. The molecular weight excluding hydrogens is 302 g/mol. The molecule has 1 heterocycles. The van der Waals surface area contributed by atoms with Gasteiger partial charge in [0, 0.05) is 51.1 Å². The molecule has 0 amide bonds. The highest BCUT2D eigenvalue weighted by Gasteiger charge is 2.19. The van der Waals surface area contributed by atoms with Gasteiger partial charge in [-0.25, -0.2) is 0 Å². The molecule has 6 heteroatoms. The minimum Gasteiger partial charge on any atom is -0.384 e. The molecule has 0 unspecified atom stereocenters. The van der Waals surface area contributed by atoms with Gasteiger partial charge in [-0.3, -0.25) is 9.62 Å². The first-order valence-electron chi connectivity index (χ1n) is 5.32. The number of nitrogens with two attached hydrogens (primary N) is 1. The van der Waals surface area contributed by atoms with Gasteiger partial charge in [0.15, 0.2) is 0 Å². The molecule has 4 nitrogen and oxygen atoms in total. The zero-order valence-electron chi connectivity index (χ0n) is 9.28. The Hall–Kier alpha value is -0.880. The van der Waals surface area contributed by atoms with Crippen LogP contribution in [0.1, 0.15) is 5.56 Å². The summed E-state index contributed by atoms with van der Waals surface area (Å²) in [4.78, 5) is 2.14. The number of amidine groups is 1. The Morgan fingerprint density at radius 1 is 1.41 bits per heavy atom. The average Bonchev–Trinajstić information content (AvgIpc) is 2.29. The van der Waals surface area contributed by atoms with Crippen molar-refractivity contribution in [3.63, 3.8) is 0 Å². The van der Waals surface area contributed by atoms with Gasteiger partial charge in [0.2, 0.25) is 0 Å². The number of rotatable bonds is 2. The van der Waals surface area contributed by atoms with E-state index in [1.807, 2.05) is 18.2 Å². The van der Waals surface area contributed by atoms with Gasteiger partial charge < -0.3 is 10.6 Å². The largest absolute Gasteiger partial charge is 0.384 e. The summed E-state index contributed by atoms with van der Waals surface area (Å²) in [5.74, 6) is 1.44. The van der Waals surface area contributed by atoms with Gasteiger partial charge in [0.25, 0.3) is 0 Å². The Morgan fingerprint density at radius 2 is 2.06 bits per heavy atom. The lowest BCUT2D eigenvalue weighted by atomic mass is 10.1. The number of nitrogens with zero attached hydrogens (tertiary/aromatic N) is 1. The smallest absolute Gasteiger partial charge is 0.124 e. The predicted molar refractivity (Wildman–Crippen MR) is 75.2 cm³/mol. The molecule has 0 atom stereocenters.